The Hall–Kier alpha value is -0.300. The molecule has 0 heterocycles. The van der Waals surface area contributed by atoms with E-state index in [1.54, 1.807) is 5.57 Å². The lowest BCUT2D eigenvalue weighted by Gasteiger charge is -2.58. The van der Waals surface area contributed by atoms with Gasteiger partial charge in [0.15, 0.2) is 0 Å². The normalized spacial score (nSPS) is 44.9. The fraction of sp³-hybridized carbons (Fsp3) is 0.935. The Morgan fingerprint density at radius 2 is 1.72 bits per heavy atom. The second-order valence-electron chi connectivity index (χ2n) is 13.8. The molecule has 182 valence electrons. The lowest BCUT2D eigenvalue weighted by molar-refractivity contribution is -0.0895. The predicted molar refractivity (Wildman–Crippen MR) is 136 cm³/mol. The van der Waals surface area contributed by atoms with Gasteiger partial charge in [-0.25, -0.2) is 0 Å². The van der Waals surface area contributed by atoms with Crippen LogP contribution in [0.25, 0.3) is 0 Å². The lowest BCUT2D eigenvalue weighted by Crippen LogP contribution is -2.51. The Morgan fingerprint density at radius 1 is 0.906 bits per heavy atom. The largest absolute Gasteiger partial charge is 0.375 e. The first-order valence-electron chi connectivity index (χ1n) is 14.7. The third-order valence-electron chi connectivity index (χ3n) is 11.7. The SMILES string of the molecule is CC(C)CCC[C@@H](C)[C@H]1CC[C@H]2[C@@H]3CC=C4CC(OC5CCC5)CC[C@]4(C)[C@H]3CC[C@]12C. The van der Waals surface area contributed by atoms with E-state index in [0.29, 0.717) is 23.0 Å². The summed E-state index contributed by atoms with van der Waals surface area (Å²) in [5, 5.41) is 0. The van der Waals surface area contributed by atoms with Gasteiger partial charge in [-0.05, 0) is 117 Å². The molecule has 4 saturated carbocycles. The third-order valence-corrected chi connectivity index (χ3v) is 11.7. The van der Waals surface area contributed by atoms with Crippen molar-refractivity contribution in [2.75, 3.05) is 0 Å². The molecule has 1 nitrogen and oxygen atoms in total. The quantitative estimate of drug-likeness (QED) is 0.359. The molecule has 5 aliphatic carbocycles. The maximum atomic E-state index is 6.49. The van der Waals surface area contributed by atoms with Gasteiger partial charge in [-0.1, -0.05) is 65.5 Å². The van der Waals surface area contributed by atoms with E-state index in [4.69, 9.17) is 4.74 Å². The molecule has 5 aliphatic rings. The second-order valence-corrected chi connectivity index (χ2v) is 13.8. The van der Waals surface area contributed by atoms with E-state index in [9.17, 15) is 0 Å². The molecule has 0 radical (unpaired) electrons. The average molecular weight is 441 g/mol. The highest BCUT2D eigenvalue weighted by Crippen LogP contribution is 2.67. The molecule has 0 N–H and O–H groups in total. The number of allylic oxidation sites excluding steroid dienone is 1. The summed E-state index contributed by atoms with van der Waals surface area (Å²) in [6.45, 7) is 12.8. The van der Waals surface area contributed by atoms with E-state index in [-0.39, 0.29) is 0 Å². The zero-order chi connectivity index (χ0) is 22.5. The van der Waals surface area contributed by atoms with Gasteiger partial charge < -0.3 is 4.74 Å². The molecule has 0 amide bonds. The van der Waals surface area contributed by atoms with Crippen LogP contribution in [0.15, 0.2) is 11.6 Å². The van der Waals surface area contributed by atoms with E-state index in [0.717, 1.165) is 35.5 Å². The third kappa shape index (κ3) is 4.05. The van der Waals surface area contributed by atoms with Crippen molar-refractivity contribution >= 4 is 0 Å². The Kier molecular flexibility index (Phi) is 6.63. The number of rotatable bonds is 7. The minimum absolute atomic E-state index is 0.477. The molecule has 32 heavy (non-hydrogen) atoms. The molecule has 4 fully saturated rings. The first kappa shape index (κ1) is 23.4. The summed E-state index contributed by atoms with van der Waals surface area (Å²) in [4.78, 5) is 0. The van der Waals surface area contributed by atoms with Crippen molar-refractivity contribution in [2.24, 2.45) is 46.3 Å². The van der Waals surface area contributed by atoms with Crippen molar-refractivity contribution in [1.82, 2.24) is 0 Å². The number of fused-ring (bicyclic) bond motifs is 5. The number of hydrogen-bond donors (Lipinski definition) is 0. The van der Waals surface area contributed by atoms with Crippen LogP contribution in [0.5, 0.6) is 0 Å². The molecule has 1 unspecified atom stereocenters. The zero-order valence-corrected chi connectivity index (χ0v) is 22.0. The molecular formula is C31H52O. The van der Waals surface area contributed by atoms with Crippen LogP contribution in [-0.2, 0) is 4.74 Å². The summed E-state index contributed by atoms with van der Waals surface area (Å²) >= 11 is 0. The van der Waals surface area contributed by atoms with Crippen LogP contribution in [0.1, 0.15) is 125 Å². The van der Waals surface area contributed by atoms with Gasteiger partial charge in [0.25, 0.3) is 0 Å². The monoisotopic (exact) mass is 440 g/mol. The van der Waals surface area contributed by atoms with Gasteiger partial charge in [-0.3, -0.25) is 0 Å². The Morgan fingerprint density at radius 3 is 2.44 bits per heavy atom. The first-order valence-corrected chi connectivity index (χ1v) is 14.7. The topological polar surface area (TPSA) is 9.23 Å². The summed E-state index contributed by atoms with van der Waals surface area (Å²) < 4.78 is 6.49. The van der Waals surface area contributed by atoms with E-state index in [1.165, 1.54) is 89.9 Å². The number of ether oxygens (including phenoxy) is 1. The molecule has 0 aromatic rings. The highest BCUT2D eigenvalue weighted by atomic mass is 16.5. The van der Waals surface area contributed by atoms with E-state index in [1.807, 2.05) is 0 Å². The fourth-order valence-electron chi connectivity index (χ4n) is 9.55. The Bertz CT molecular complexity index is 689. The van der Waals surface area contributed by atoms with Crippen molar-refractivity contribution < 1.29 is 4.74 Å². The highest BCUT2D eigenvalue weighted by Gasteiger charge is 2.59. The molecule has 0 aliphatic heterocycles. The lowest BCUT2D eigenvalue weighted by atomic mass is 9.47. The van der Waals surface area contributed by atoms with E-state index >= 15 is 0 Å². The average Bonchev–Trinajstić information content (AvgIpc) is 3.07. The van der Waals surface area contributed by atoms with Crippen molar-refractivity contribution in [3.05, 3.63) is 11.6 Å². The van der Waals surface area contributed by atoms with Gasteiger partial charge >= 0.3 is 0 Å². The summed E-state index contributed by atoms with van der Waals surface area (Å²) in [5.74, 6) is 5.65. The predicted octanol–water partition coefficient (Wildman–Crippen LogP) is 8.97. The van der Waals surface area contributed by atoms with Gasteiger partial charge in [0.1, 0.15) is 0 Å². The molecule has 0 spiro atoms. The smallest absolute Gasteiger partial charge is 0.0616 e. The van der Waals surface area contributed by atoms with E-state index < -0.39 is 0 Å². The molecule has 0 bridgehead atoms. The van der Waals surface area contributed by atoms with Gasteiger partial charge in [0.05, 0.1) is 12.2 Å². The second kappa shape index (κ2) is 9.05. The Labute approximate surface area is 199 Å². The highest BCUT2D eigenvalue weighted by molar-refractivity contribution is 5.25. The van der Waals surface area contributed by atoms with E-state index in [2.05, 4.69) is 40.7 Å². The van der Waals surface area contributed by atoms with Crippen LogP contribution in [0.2, 0.25) is 0 Å². The maximum absolute atomic E-state index is 6.49. The van der Waals surface area contributed by atoms with Crippen molar-refractivity contribution in [1.29, 1.82) is 0 Å². The summed E-state index contributed by atoms with van der Waals surface area (Å²) in [5.41, 5.74) is 2.89. The molecular weight excluding hydrogens is 388 g/mol. The number of hydrogen-bond acceptors (Lipinski definition) is 1. The van der Waals surface area contributed by atoms with Crippen LogP contribution in [-0.4, -0.2) is 12.2 Å². The zero-order valence-electron chi connectivity index (χ0n) is 22.0. The molecule has 8 atom stereocenters. The van der Waals surface area contributed by atoms with Crippen LogP contribution in [0.4, 0.5) is 0 Å². The van der Waals surface area contributed by atoms with Gasteiger partial charge in [-0.2, -0.15) is 0 Å². The van der Waals surface area contributed by atoms with Crippen LogP contribution >= 0.6 is 0 Å². The molecule has 0 aromatic carbocycles. The molecule has 5 rings (SSSR count). The fourth-order valence-corrected chi connectivity index (χ4v) is 9.55. The van der Waals surface area contributed by atoms with Crippen LogP contribution in [0.3, 0.4) is 0 Å². The van der Waals surface area contributed by atoms with Crippen LogP contribution < -0.4 is 0 Å². The van der Waals surface area contributed by atoms with Gasteiger partial charge in [0, 0.05) is 0 Å². The minimum atomic E-state index is 0.477. The Balaban J connectivity index is 1.26. The van der Waals surface area contributed by atoms with Crippen molar-refractivity contribution in [2.45, 2.75) is 137 Å². The molecule has 0 saturated heterocycles. The van der Waals surface area contributed by atoms with Crippen molar-refractivity contribution in [3.63, 3.8) is 0 Å². The van der Waals surface area contributed by atoms with Crippen molar-refractivity contribution in [3.8, 4) is 0 Å². The summed E-state index contributed by atoms with van der Waals surface area (Å²) in [6, 6.07) is 0. The summed E-state index contributed by atoms with van der Waals surface area (Å²) in [6.07, 6.45) is 23.5. The van der Waals surface area contributed by atoms with Gasteiger partial charge in [-0.15, -0.1) is 0 Å². The summed E-state index contributed by atoms with van der Waals surface area (Å²) in [7, 11) is 0. The molecule has 1 heteroatoms. The standard InChI is InChI=1S/C31H52O/c1-21(2)8-6-9-22(3)27-14-15-28-26-13-12-23-20-25(32-24-10-7-11-24)16-18-30(23,4)29(26)17-19-31(27,28)5/h12,21-22,24-29H,6-11,13-20H2,1-5H3/t22-,25?,26+,27-,28+,29+,30+,31-/m1/s1. The maximum Gasteiger partial charge on any atom is 0.0616 e. The molecule has 0 aromatic heterocycles. The first-order chi connectivity index (χ1) is 15.3. The van der Waals surface area contributed by atoms with Crippen LogP contribution in [0, 0.1) is 46.3 Å². The van der Waals surface area contributed by atoms with Gasteiger partial charge in [0.2, 0.25) is 0 Å². The minimum Gasteiger partial charge on any atom is -0.375 e.